The molecule has 0 saturated heterocycles. The van der Waals surface area contributed by atoms with E-state index in [9.17, 15) is 8.42 Å². The van der Waals surface area contributed by atoms with Gasteiger partial charge in [0.2, 0.25) is 0 Å². The average Bonchev–Trinajstić information content (AvgIpc) is 3.06. The zero-order chi connectivity index (χ0) is 22.0. The van der Waals surface area contributed by atoms with Gasteiger partial charge >= 0.3 is 10.1 Å². The Kier molecular flexibility index (Phi) is 4.21. The zero-order valence-electron chi connectivity index (χ0n) is 17.8. The van der Waals surface area contributed by atoms with E-state index in [1.807, 2.05) is 58.0 Å². The number of ether oxygens (including phenoxy) is 1. The second-order valence-corrected chi connectivity index (χ2v) is 10.1. The van der Waals surface area contributed by atoms with Crippen molar-refractivity contribution in [2.24, 2.45) is 0 Å². The normalized spacial score (nSPS) is 15.1. The van der Waals surface area contributed by atoms with Crippen LogP contribution in [0, 0.1) is 13.8 Å². The van der Waals surface area contributed by atoms with Gasteiger partial charge < -0.3 is 13.9 Å². The molecular weight excluding hydrogens is 410 g/mol. The van der Waals surface area contributed by atoms with E-state index in [-0.39, 0.29) is 16.2 Å². The van der Waals surface area contributed by atoms with Crippen molar-refractivity contribution >= 4 is 38.0 Å². The number of H-pyrrole nitrogens is 1. The molecule has 1 aromatic heterocycles. The van der Waals surface area contributed by atoms with Crippen molar-refractivity contribution in [2.75, 3.05) is 0 Å². The van der Waals surface area contributed by atoms with Gasteiger partial charge in [0.25, 0.3) is 0 Å². The fourth-order valence-electron chi connectivity index (χ4n) is 3.97. The second-order valence-electron chi connectivity index (χ2n) is 8.60. The maximum atomic E-state index is 12.9. The molecule has 6 heteroatoms. The van der Waals surface area contributed by atoms with Crippen molar-refractivity contribution in [3.63, 3.8) is 0 Å². The van der Waals surface area contributed by atoms with Crippen LogP contribution in [-0.2, 0) is 10.1 Å². The number of hydrogen-bond acceptors (Lipinski definition) is 4. The van der Waals surface area contributed by atoms with E-state index in [4.69, 9.17) is 8.92 Å². The summed E-state index contributed by atoms with van der Waals surface area (Å²) in [6.07, 6.45) is 4.07. The summed E-state index contributed by atoms with van der Waals surface area (Å²) in [6, 6.07) is 14.4. The van der Waals surface area contributed by atoms with Crippen LogP contribution >= 0.6 is 0 Å². The average molecular weight is 434 g/mol. The summed E-state index contributed by atoms with van der Waals surface area (Å²) in [4.78, 5) is 3.52. The summed E-state index contributed by atoms with van der Waals surface area (Å²) in [6.45, 7) is 7.85. The van der Waals surface area contributed by atoms with Gasteiger partial charge in [0, 0.05) is 16.3 Å². The smallest absolute Gasteiger partial charge is 0.339 e. The Morgan fingerprint density at radius 2 is 1.65 bits per heavy atom. The Morgan fingerprint density at radius 1 is 0.903 bits per heavy atom. The molecule has 0 radical (unpaired) electrons. The van der Waals surface area contributed by atoms with Crippen LogP contribution in [0.1, 0.15) is 30.5 Å². The maximum Gasteiger partial charge on any atom is 0.339 e. The van der Waals surface area contributed by atoms with E-state index >= 15 is 0 Å². The van der Waals surface area contributed by atoms with Crippen LogP contribution in [0.4, 0.5) is 0 Å². The van der Waals surface area contributed by atoms with Crippen LogP contribution < -0.4 is 8.92 Å². The van der Waals surface area contributed by atoms with Crippen LogP contribution in [0.5, 0.6) is 11.5 Å². The highest BCUT2D eigenvalue weighted by Gasteiger charge is 2.25. The van der Waals surface area contributed by atoms with E-state index in [2.05, 4.69) is 4.98 Å². The van der Waals surface area contributed by atoms with Crippen LogP contribution in [0.15, 0.2) is 59.5 Å². The Hall–Kier alpha value is -3.25. The van der Waals surface area contributed by atoms with E-state index in [0.717, 1.165) is 38.7 Å². The number of hydrogen-bond donors (Lipinski definition) is 1. The maximum absolute atomic E-state index is 12.9. The molecule has 31 heavy (non-hydrogen) atoms. The molecule has 0 aliphatic carbocycles. The van der Waals surface area contributed by atoms with Crippen LogP contribution in [-0.4, -0.2) is 19.0 Å². The Labute approximate surface area is 181 Å². The van der Waals surface area contributed by atoms with Gasteiger partial charge in [-0.3, -0.25) is 0 Å². The molecule has 0 bridgehead atoms. The van der Waals surface area contributed by atoms with Gasteiger partial charge in [0.05, 0.1) is 11.0 Å². The number of aromatic nitrogens is 1. The van der Waals surface area contributed by atoms with Crippen molar-refractivity contribution in [1.82, 2.24) is 4.98 Å². The molecule has 1 aliphatic rings. The number of aromatic amines is 1. The first-order valence-electron chi connectivity index (χ1n) is 10.1. The standard InChI is InChI=1S/C25H23NO4S/c1-15-5-7-17(8-6-15)31(27,28)30-22-14-16(2)13-20-18-9-10-21-19(23(18)26-24(20)22)11-12-25(3,4)29-21/h5-14,26H,1-4H3. The van der Waals surface area contributed by atoms with Crippen molar-refractivity contribution in [1.29, 1.82) is 0 Å². The molecule has 0 saturated carbocycles. The Bertz CT molecular complexity index is 1480. The molecule has 0 atom stereocenters. The lowest BCUT2D eigenvalue weighted by Gasteiger charge is -2.27. The van der Waals surface area contributed by atoms with Gasteiger partial charge in [-0.2, -0.15) is 8.42 Å². The van der Waals surface area contributed by atoms with Crippen molar-refractivity contribution in [3.8, 4) is 11.5 Å². The quantitative estimate of drug-likeness (QED) is 0.409. The SMILES string of the molecule is Cc1ccc(S(=O)(=O)Oc2cc(C)cc3c2[nH]c2c4c(ccc23)OC(C)(C)C=C4)cc1. The highest BCUT2D eigenvalue weighted by atomic mass is 32.2. The van der Waals surface area contributed by atoms with Gasteiger partial charge in [-0.05, 0) is 81.8 Å². The molecule has 0 unspecified atom stereocenters. The fraction of sp³-hybridized carbons (Fsp3) is 0.200. The third kappa shape index (κ3) is 3.37. The number of benzene rings is 3. The van der Waals surface area contributed by atoms with E-state index in [1.165, 1.54) is 0 Å². The van der Waals surface area contributed by atoms with Crippen molar-refractivity contribution < 1.29 is 17.3 Å². The van der Waals surface area contributed by atoms with Crippen molar-refractivity contribution in [3.05, 3.63) is 71.3 Å². The number of rotatable bonds is 3. The molecule has 1 N–H and O–H groups in total. The molecule has 3 aromatic carbocycles. The first kappa shape index (κ1) is 19.7. The second kappa shape index (κ2) is 6.62. The molecule has 0 amide bonds. The van der Waals surface area contributed by atoms with Crippen LogP contribution in [0.2, 0.25) is 0 Å². The summed E-state index contributed by atoms with van der Waals surface area (Å²) in [7, 11) is -3.97. The molecule has 0 fully saturated rings. The molecule has 1 aliphatic heterocycles. The highest BCUT2D eigenvalue weighted by molar-refractivity contribution is 7.87. The zero-order valence-corrected chi connectivity index (χ0v) is 18.6. The predicted molar refractivity (Wildman–Crippen MR) is 123 cm³/mol. The highest BCUT2D eigenvalue weighted by Crippen LogP contribution is 2.41. The first-order chi connectivity index (χ1) is 14.6. The lowest BCUT2D eigenvalue weighted by molar-refractivity contribution is 0.159. The monoisotopic (exact) mass is 433 g/mol. The molecule has 0 spiro atoms. The molecule has 2 heterocycles. The van der Waals surface area contributed by atoms with E-state index in [1.54, 1.807) is 30.3 Å². The van der Waals surface area contributed by atoms with Gasteiger partial charge in [0.1, 0.15) is 16.2 Å². The summed E-state index contributed by atoms with van der Waals surface area (Å²) >= 11 is 0. The number of nitrogens with one attached hydrogen (secondary N) is 1. The van der Waals surface area contributed by atoms with Crippen LogP contribution in [0.3, 0.4) is 0 Å². The molecule has 4 aromatic rings. The first-order valence-corrected chi connectivity index (χ1v) is 11.5. The van der Waals surface area contributed by atoms with Gasteiger partial charge in [-0.1, -0.05) is 17.7 Å². The Morgan fingerprint density at radius 3 is 2.39 bits per heavy atom. The lowest BCUT2D eigenvalue weighted by atomic mass is 10.00. The summed E-state index contributed by atoms with van der Waals surface area (Å²) in [5.74, 6) is 1.07. The van der Waals surface area contributed by atoms with Gasteiger partial charge in [-0.15, -0.1) is 0 Å². The minimum absolute atomic E-state index is 0.125. The molecule has 5 rings (SSSR count). The molecule has 5 nitrogen and oxygen atoms in total. The summed E-state index contributed by atoms with van der Waals surface area (Å²) in [5.41, 5.74) is 3.99. The minimum Gasteiger partial charge on any atom is -0.483 e. The summed E-state index contributed by atoms with van der Waals surface area (Å²) in [5, 5.41) is 1.90. The topological polar surface area (TPSA) is 68.4 Å². The van der Waals surface area contributed by atoms with Crippen molar-refractivity contribution in [2.45, 2.75) is 38.2 Å². The number of aryl methyl sites for hydroxylation is 2. The summed E-state index contributed by atoms with van der Waals surface area (Å²) < 4.78 is 37.6. The van der Waals surface area contributed by atoms with Gasteiger partial charge in [-0.25, -0.2) is 0 Å². The fourth-order valence-corrected chi connectivity index (χ4v) is 4.91. The minimum atomic E-state index is -3.97. The number of fused-ring (bicyclic) bond motifs is 5. The lowest BCUT2D eigenvalue weighted by Crippen LogP contribution is -2.27. The predicted octanol–water partition coefficient (Wildman–Crippen LogP) is 5.89. The third-order valence-electron chi connectivity index (χ3n) is 5.53. The third-order valence-corrected chi connectivity index (χ3v) is 6.77. The van der Waals surface area contributed by atoms with Crippen LogP contribution in [0.25, 0.3) is 27.9 Å². The largest absolute Gasteiger partial charge is 0.483 e. The van der Waals surface area contributed by atoms with E-state index < -0.39 is 10.1 Å². The van der Waals surface area contributed by atoms with Gasteiger partial charge in [0.15, 0.2) is 5.75 Å². The molecule has 158 valence electrons. The Balaban J connectivity index is 1.68. The van der Waals surface area contributed by atoms with E-state index in [0.29, 0.717) is 5.52 Å². The molecular formula is C25H23NO4S.